The first-order valence-corrected chi connectivity index (χ1v) is 7.13. The Labute approximate surface area is 121 Å². The number of aliphatic hydroxyl groups is 1. The zero-order chi connectivity index (χ0) is 14.4. The van der Waals surface area contributed by atoms with Gasteiger partial charge in [-0.1, -0.05) is 6.92 Å². The zero-order valence-electron chi connectivity index (χ0n) is 11.6. The van der Waals surface area contributed by atoms with Crippen LogP contribution >= 0.6 is 15.9 Å². The molecule has 0 fully saturated rings. The molecule has 0 spiro atoms. The fraction of sp³-hybridized carbons (Fsp3) is 0.500. The number of rotatable bonds is 3. The second-order valence-electron chi connectivity index (χ2n) is 5.51. The van der Waals surface area contributed by atoms with Gasteiger partial charge in [0.25, 0.3) is 5.91 Å². The van der Waals surface area contributed by atoms with Crippen LogP contribution in [0.5, 0.6) is 0 Å². The molecular formula is C14H19BrN2O2. The van der Waals surface area contributed by atoms with Gasteiger partial charge in [0, 0.05) is 28.3 Å². The number of nitrogens with zero attached hydrogens (tertiary/aromatic N) is 1. The van der Waals surface area contributed by atoms with E-state index in [0.29, 0.717) is 11.3 Å². The molecule has 0 bridgehead atoms. The number of aliphatic hydroxyl groups excluding tert-OH is 1. The molecule has 0 aliphatic carbocycles. The van der Waals surface area contributed by atoms with E-state index in [2.05, 4.69) is 46.9 Å². The zero-order valence-corrected chi connectivity index (χ0v) is 13.2. The van der Waals surface area contributed by atoms with E-state index < -0.39 is 6.10 Å². The van der Waals surface area contributed by atoms with Crippen LogP contribution in [0.25, 0.3) is 0 Å². The van der Waals surface area contributed by atoms with E-state index in [1.165, 1.54) is 0 Å². The first-order valence-electron chi connectivity index (χ1n) is 6.34. The van der Waals surface area contributed by atoms with Crippen molar-refractivity contribution < 1.29 is 9.90 Å². The van der Waals surface area contributed by atoms with Crippen LogP contribution in [0.15, 0.2) is 16.6 Å². The lowest BCUT2D eigenvalue weighted by Crippen LogP contribution is -2.40. The van der Waals surface area contributed by atoms with Crippen molar-refractivity contribution in [3.05, 3.63) is 22.2 Å². The van der Waals surface area contributed by atoms with Crippen molar-refractivity contribution in [3.63, 3.8) is 0 Å². The largest absolute Gasteiger partial charge is 0.378 e. The average Bonchev–Trinajstić information content (AvgIpc) is 2.64. The highest BCUT2D eigenvalue weighted by Crippen LogP contribution is 2.40. The average molecular weight is 327 g/mol. The van der Waals surface area contributed by atoms with E-state index in [9.17, 15) is 9.90 Å². The number of hydrogen-bond donors (Lipinski definition) is 2. The highest BCUT2D eigenvalue weighted by atomic mass is 79.9. The van der Waals surface area contributed by atoms with Crippen molar-refractivity contribution >= 4 is 33.2 Å². The van der Waals surface area contributed by atoms with Crippen molar-refractivity contribution in [2.75, 3.05) is 17.3 Å². The SMILES string of the molecule is CCC(C)(C)N(C)c1cc2c(cc1Br)C(O)C(=O)N2. The van der Waals surface area contributed by atoms with Gasteiger partial charge in [-0.15, -0.1) is 0 Å². The van der Waals surface area contributed by atoms with Gasteiger partial charge >= 0.3 is 0 Å². The second-order valence-corrected chi connectivity index (χ2v) is 6.36. The molecule has 104 valence electrons. The van der Waals surface area contributed by atoms with E-state index >= 15 is 0 Å². The summed E-state index contributed by atoms with van der Waals surface area (Å²) in [6.07, 6.45) is -0.0630. The van der Waals surface area contributed by atoms with Gasteiger partial charge in [0.1, 0.15) is 0 Å². The van der Waals surface area contributed by atoms with Crippen LogP contribution in [0.2, 0.25) is 0 Å². The van der Waals surface area contributed by atoms with E-state index in [1.54, 1.807) is 0 Å². The molecule has 1 atom stereocenters. The number of anilines is 2. The maximum Gasteiger partial charge on any atom is 0.257 e. The number of halogens is 1. The number of carbonyl (C=O) groups excluding carboxylic acids is 1. The topological polar surface area (TPSA) is 52.6 Å². The van der Waals surface area contributed by atoms with Gasteiger partial charge in [0.15, 0.2) is 6.10 Å². The number of benzene rings is 1. The molecule has 0 radical (unpaired) electrons. The number of hydrogen-bond acceptors (Lipinski definition) is 3. The van der Waals surface area contributed by atoms with Crippen molar-refractivity contribution in [1.29, 1.82) is 0 Å². The lowest BCUT2D eigenvalue weighted by Gasteiger charge is -2.37. The van der Waals surface area contributed by atoms with Crippen LogP contribution in [0, 0.1) is 0 Å². The quantitative estimate of drug-likeness (QED) is 0.897. The molecule has 19 heavy (non-hydrogen) atoms. The summed E-state index contributed by atoms with van der Waals surface area (Å²) in [6.45, 7) is 6.48. The summed E-state index contributed by atoms with van der Waals surface area (Å²) < 4.78 is 0.880. The van der Waals surface area contributed by atoms with Crippen molar-refractivity contribution in [2.24, 2.45) is 0 Å². The molecular weight excluding hydrogens is 308 g/mol. The number of carbonyl (C=O) groups is 1. The molecule has 0 aromatic heterocycles. The van der Waals surface area contributed by atoms with Crippen LogP contribution in [-0.4, -0.2) is 23.6 Å². The van der Waals surface area contributed by atoms with Crippen molar-refractivity contribution in [3.8, 4) is 0 Å². The predicted molar refractivity (Wildman–Crippen MR) is 80.5 cm³/mol. The molecule has 2 N–H and O–H groups in total. The van der Waals surface area contributed by atoms with Crippen molar-refractivity contribution in [2.45, 2.75) is 38.8 Å². The van der Waals surface area contributed by atoms with Gasteiger partial charge < -0.3 is 15.3 Å². The van der Waals surface area contributed by atoms with Gasteiger partial charge in [0.2, 0.25) is 0 Å². The Kier molecular flexibility index (Phi) is 3.62. The normalized spacial score (nSPS) is 18.2. The third-order valence-electron chi connectivity index (χ3n) is 4.05. The fourth-order valence-electron chi connectivity index (χ4n) is 2.07. The molecule has 0 saturated carbocycles. The first-order chi connectivity index (χ1) is 8.77. The minimum Gasteiger partial charge on any atom is -0.378 e. The summed E-state index contributed by atoms with van der Waals surface area (Å²) in [6, 6.07) is 3.72. The van der Waals surface area contributed by atoms with Gasteiger partial charge in [-0.05, 0) is 48.3 Å². The highest BCUT2D eigenvalue weighted by molar-refractivity contribution is 9.10. The summed E-state index contributed by atoms with van der Waals surface area (Å²) in [5.74, 6) is -0.364. The maximum absolute atomic E-state index is 11.5. The Balaban J connectivity index is 2.46. The van der Waals surface area contributed by atoms with E-state index in [4.69, 9.17) is 0 Å². The Bertz CT molecular complexity index is 528. The summed E-state index contributed by atoms with van der Waals surface area (Å²) in [5, 5.41) is 12.5. The predicted octanol–water partition coefficient (Wildman–Crippen LogP) is 3.06. The van der Waals surface area contributed by atoms with E-state index in [1.807, 2.05) is 19.2 Å². The molecule has 1 unspecified atom stereocenters. The molecule has 4 nitrogen and oxygen atoms in total. The van der Waals surface area contributed by atoms with Crippen LogP contribution in [0.4, 0.5) is 11.4 Å². The lowest BCUT2D eigenvalue weighted by molar-refractivity contribution is -0.123. The van der Waals surface area contributed by atoms with Crippen LogP contribution < -0.4 is 10.2 Å². The molecule has 1 aromatic rings. The van der Waals surface area contributed by atoms with Crippen LogP contribution in [-0.2, 0) is 4.79 Å². The first kappa shape index (κ1) is 14.3. The minimum atomic E-state index is -1.06. The van der Waals surface area contributed by atoms with Gasteiger partial charge in [-0.2, -0.15) is 0 Å². The lowest BCUT2D eigenvalue weighted by atomic mass is 9.98. The number of fused-ring (bicyclic) bond motifs is 1. The van der Waals surface area contributed by atoms with Crippen molar-refractivity contribution in [1.82, 2.24) is 0 Å². The molecule has 0 saturated heterocycles. The minimum absolute atomic E-state index is 0.0119. The van der Waals surface area contributed by atoms with Crippen LogP contribution in [0.1, 0.15) is 38.9 Å². The molecule has 5 heteroatoms. The second kappa shape index (κ2) is 4.80. The Morgan fingerprint density at radius 1 is 1.47 bits per heavy atom. The smallest absolute Gasteiger partial charge is 0.257 e. The monoisotopic (exact) mass is 326 g/mol. The van der Waals surface area contributed by atoms with E-state index in [0.717, 1.165) is 16.6 Å². The molecule has 1 aliphatic rings. The third kappa shape index (κ3) is 2.37. The summed E-state index contributed by atoms with van der Waals surface area (Å²) >= 11 is 3.53. The highest BCUT2D eigenvalue weighted by Gasteiger charge is 2.31. The Morgan fingerprint density at radius 2 is 2.11 bits per heavy atom. The summed E-state index contributed by atoms with van der Waals surface area (Å²) in [4.78, 5) is 13.7. The number of nitrogens with one attached hydrogen (secondary N) is 1. The summed E-state index contributed by atoms with van der Waals surface area (Å²) in [5.41, 5.74) is 2.33. The molecule has 1 aliphatic heterocycles. The summed E-state index contributed by atoms with van der Waals surface area (Å²) in [7, 11) is 2.03. The third-order valence-corrected chi connectivity index (χ3v) is 4.69. The number of amides is 1. The molecule has 1 heterocycles. The Hall–Kier alpha value is -1.07. The standard InChI is InChI=1S/C14H19BrN2O2/c1-5-14(2,3)17(4)11-7-10-8(6-9(11)15)12(18)13(19)16-10/h6-7,12,18H,5H2,1-4H3,(H,16,19). The van der Waals surface area contributed by atoms with Crippen LogP contribution in [0.3, 0.4) is 0 Å². The van der Waals surface area contributed by atoms with E-state index in [-0.39, 0.29) is 11.4 Å². The molecule has 2 rings (SSSR count). The molecule has 1 amide bonds. The maximum atomic E-state index is 11.5. The Morgan fingerprint density at radius 3 is 2.68 bits per heavy atom. The van der Waals surface area contributed by atoms with Gasteiger partial charge in [0.05, 0.1) is 5.69 Å². The van der Waals surface area contributed by atoms with Gasteiger partial charge in [-0.3, -0.25) is 4.79 Å². The van der Waals surface area contributed by atoms with Gasteiger partial charge in [-0.25, -0.2) is 0 Å². The molecule has 1 aromatic carbocycles. The fourth-order valence-corrected chi connectivity index (χ4v) is 2.70.